The van der Waals surface area contributed by atoms with Crippen molar-refractivity contribution in [1.29, 1.82) is 0 Å². The Bertz CT molecular complexity index is 726. The van der Waals surface area contributed by atoms with E-state index in [1.807, 2.05) is 18.2 Å². The first kappa shape index (κ1) is 23.1. The Kier molecular flexibility index (Phi) is 7.60. The lowest BCUT2D eigenvalue weighted by Crippen LogP contribution is -2.66. The third kappa shape index (κ3) is 5.67. The van der Waals surface area contributed by atoms with Gasteiger partial charge in [0.05, 0.1) is 0 Å². The van der Waals surface area contributed by atoms with E-state index >= 15 is 0 Å². The van der Waals surface area contributed by atoms with Crippen LogP contribution in [-0.2, 0) is 14.4 Å². The lowest BCUT2D eigenvalue weighted by molar-refractivity contribution is -0.316. The zero-order chi connectivity index (χ0) is 21.7. The van der Waals surface area contributed by atoms with Gasteiger partial charge in [0.2, 0.25) is 5.91 Å². The fourth-order valence-corrected chi connectivity index (χ4v) is 4.46. The maximum absolute atomic E-state index is 12.2. The van der Waals surface area contributed by atoms with Gasteiger partial charge in [-0.2, -0.15) is 5.06 Å². The molecule has 6 heteroatoms. The normalized spacial score (nSPS) is 22.3. The summed E-state index contributed by atoms with van der Waals surface area (Å²) in [5.74, 6) is -1.50. The maximum atomic E-state index is 12.2. The Morgan fingerprint density at radius 3 is 2.38 bits per heavy atom. The first-order valence-corrected chi connectivity index (χ1v) is 10.4. The molecule has 1 saturated heterocycles. The molecule has 0 bridgehead atoms. The van der Waals surface area contributed by atoms with Gasteiger partial charge in [0.15, 0.2) is 0 Å². The van der Waals surface area contributed by atoms with Gasteiger partial charge in [-0.1, -0.05) is 44.2 Å². The van der Waals surface area contributed by atoms with Crippen LogP contribution in [-0.4, -0.2) is 39.2 Å². The van der Waals surface area contributed by atoms with E-state index in [0.29, 0.717) is 6.42 Å². The summed E-state index contributed by atoms with van der Waals surface area (Å²) in [5, 5.41) is 13.9. The molecule has 2 rings (SSSR count). The highest BCUT2D eigenvalue weighted by molar-refractivity contribution is 5.94. The molecule has 1 aliphatic rings. The molecule has 6 nitrogen and oxygen atoms in total. The van der Waals surface area contributed by atoms with Crippen molar-refractivity contribution < 1.29 is 19.5 Å². The van der Waals surface area contributed by atoms with E-state index in [1.165, 1.54) is 0 Å². The molecule has 1 heterocycles. The summed E-state index contributed by atoms with van der Waals surface area (Å²) in [6.07, 6.45) is 5.08. The number of aliphatic carboxylic acids is 1. The van der Waals surface area contributed by atoms with Crippen molar-refractivity contribution in [3.05, 3.63) is 48.0 Å². The number of amides is 1. The monoisotopic (exact) mass is 402 g/mol. The number of piperidine rings is 1. The summed E-state index contributed by atoms with van der Waals surface area (Å²) in [4.78, 5) is 29.4. The van der Waals surface area contributed by atoms with Gasteiger partial charge in [-0.3, -0.25) is 9.63 Å². The second-order valence-corrected chi connectivity index (χ2v) is 8.48. The summed E-state index contributed by atoms with van der Waals surface area (Å²) in [6, 6.07) is 10.1. The molecule has 1 fully saturated rings. The molecule has 0 saturated carbocycles. The molecule has 0 aromatic heterocycles. The molecule has 2 unspecified atom stereocenters. The fourth-order valence-electron chi connectivity index (χ4n) is 4.46. The average Bonchev–Trinajstić information content (AvgIpc) is 2.68. The van der Waals surface area contributed by atoms with Gasteiger partial charge in [0.1, 0.15) is 6.10 Å². The van der Waals surface area contributed by atoms with E-state index in [4.69, 9.17) is 9.94 Å². The molecule has 1 aliphatic heterocycles. The van der Waals surface area contributed by atoms with Crippen molar-refractivity contribution in [2.75, 3.05) is 0 Å². The highest BCUT2D eigenvalue weighted by Gasteiger charge is 2.50. The van der Waals surface area contributed by atoms with Crippen molar-refractivity contribution in [1.82, 2.24) is 10.4 Å². The molecule has 160 valence electrons. The van der Waals surface area contributed by atoms with Gasteiger partial charge in [-0.15, -0.1) is 0 Å². The summed E-state index contributed by atoms with van der Waals surface area (Å²) in [5.41, 5.74) is 0.597. The fraction of sp³-hybridized carbons (Fsp3) is 0.565. The Hall–Kier alpha value is -2.18. The Morgan fingerprint density at radius 1 is 1.21 bits per heavy atom. The maximum Gasteiger partial charge on any atom is 0.328 e. The first-order valence-electron chi connectivity index (χ1n) is 10.4. The molecule has 0 radical (unpaired) electrons. The number of benzene rings is 1. The number of carboxylic acid groups (broad SMARTS) is 1. The van der Waals surface area contributed by atoms with Crippen LogP contribution in [0.4, 0.5) is 0 Å². The standard InChI is InChI=1S/C23H34N2O4/c1-6-23(7-2)16-19(24-20(26)13-14-21(27)28)15-22(4,5)25(23)29-17(3)18-11-9-8-10-12-18/h8-14,17,19H,6-7,15-16H2,1-5H3,(H,24,26)(H,27,28). The minimum atomic E-state index is -1.13. The van der Waals surface area contributed by atoms with Crippen molar-refractivity contribution in [2.45, 2.75) is 83.5 Å². The summed E-state index contributed by atoms with van der Waals surface area (Å²) in [6.45, 7) is 10.6. The molecule has 0 aliphatic carbocycles. The topological polar surface area (TPSA) is 78.9 Å². The molecule has 29 heavy (non-hydrogen) atoms. The highest BCUT2D eigenvalue weighted by Crippen LogP contribution is 2.44. The van der Waals surface area contributed by atoms with E-state index in [-0.39, 0.29) is 29.1 Å². The quantitative estimate of drug-likeness (QED) is 0.636. The van der Waals surface area contributed by atoms with Crippen LogP contribution in [0.25, 0.3) is 0 Å². The third-order valence-corrected chi connectivity index (χ3v) is 5.93. The first-order chi connectivity index (χ1) is 13.6. The largest absolute Gasteiger partial charge is 0.478 e. The average molecular weight is 403 g/mol. The van der Waals surface area contributed by atoms with Crippen LogP contribution in [0.3, 0.4) is 0 Å². The van der Waals surface area contributed by atoms with E-state index in [2.05, 4.69) is 57.1 Å². The predicted molar refractivity (Wildman–Crippen MR) is 113 cm³/mol. The van der Waals surface area contributed by atoms with E-state index < -0.39 is 5.97 Å². The van der Waals surface area contributed by atoms with Crippen LogP contribution in [0, 0.1) is 0 Å². The summed E-state index contributed by atoms with van der Waals surface area (Å²) >= 11 is 0. The van der Waals surface area contributed by atoms with E-state index in [0.717, 1.165) is 37.0 Å². The summed E-state index contributed by atoms with van der Waals surface area (Å²) < 4.78 is 0. The lowest BCUT2D eigenvalue weighted by Gasteiger charge is -2.57. The number of carboxylic acids is 1. The molecular weight excluding hydrogens is 368 g/mol. The van der Waals surface area contributed by atoms with Gasteiger partial charge in [0, 0.05) is 29.3 Å². The molecule has 2 N–H and O–H groups in total. The summed E-state index contributed by atoms with van der Waals surface area (Å²) in [7, 11) is 0. The van der Waals surface area contributed by atoms with Crippen LogP contribution in [0.5, 0.6) is 0 Å². The number of rotatable bonds is 8. The van der Waals surface area contributed by atoms with Gasteiger partial charge in [0.25, 0.3) is 0 Å². The predicted octanol–water partition coefficient (Wildman–Crippen LogP) is 4.24. The number of carbonyl (C=O) groups is 2. The SMILES string of the molecule is CCC1(CC)CC(NC(=O)C=CC(=O)O)CC(C)(C)N1OC(C)c1ccccc1. The van der Waals surface area contributed by atoms with Gasteiger partial charge in [-0.05, 0) is 52.0 Å². The number of hydrogen-bond acceptors (Lipinski definition) is 4. The lowest BCUT2D eigenvalue weighted by atomic mass is 9.74. The van der Waals surface area contributed by atoms with Gasteiger partial charge >= 0.3 is 5.97 Å². The highest BCUT2D eigenvalue weighted by atomic mass is 16.7. The number of hydroxylamine groups is 2. The molecule has 1 aromatic rings. The Morgan fingerprint density at radius 2 is 1.83 bits per heavy atom. The number of nitrogens with one attached hydrogen (secondary N) is 1. The molecular formula is C23H34N2O4. The van der Waals surface area contributed by atoms with Gasteiger partial charge < -0.3 is 10.4 Å². The number of nitrogens with zero attached hydrogens (tertiary/aromatic N) is 1. The zero-order valence-electron chi connectivity index (χ0n) is 18.1. The molecule has 2 atom stereocenters. The Balaban J connectivity index is 2.22. The van der Waals surface area contributed by atoms with E-state index in [9.17, 15) is 9.59 Å². The van der Waals surface area contributed by atoms with Crippen LogP contribution in [0.1, 0.15) is 72.0 Å². The molecule has 0 spiro atoms. The van der Waals surface area contributed by atoms with Crippen molar-refractivity contribution >= 4 is 11.9 Å². The number of hydrogen-bond donors (Lipinski definition) is 2. The van der Waals surface area contributed by atoms with Crippen molar-refractivity contribution in [3.63, 3.8) is 0 Å². The van der Waals surface area contributed by atoms with Gasteiger partial charge in [-0.25, -0.2) is 4.79 Å². The second kappa shape index (κ2) is 9.55. The van der Waals surface area contributed by atoms with Crippen molar-refractivity contribution in [3.8, 4) is 0 Å². The Labute approximate surface area is 173 Å². The van der Waals surface area contributed by atoms with E-state index in [1.54, 1.807) is 0 Å². The smallest absolute Gasteiger partial charge is 0.328 e. The minimum absolute atomic E-state index is 0.0530. The second-order valence-electron chi connectivity index (χ2n) is 8.48. The number of carbonyl (C=O) groups excluding carboxylic acids is 1. The van der Waals surface area contributed by atoms with Crippen LogP contribution in [0.15, 0.2) is 42.5 Å². The third-order valence-electron chi connectivity index (χ3n) is 5.93. The van der Waals surface area contributed by atoms with Crippen LogP contribution < -0.4 is 5.32 Å². The minimum Gasteiger partial charge on any atom is -0.478 e. The molecule has 1 aromatic carbocycles. The van der Waals surface area contributed by atoms with Crippen molar-refractivity contribution in [2.24, 2.45) is 0 Å². The molecule has 1 amide bonds. The van der Waals surface area contributed by atoms with Crippen LogP contribution in [0.2, 0.25) is 0 Å². The van der Waals surface area contributed by atoms with Crippen LogP contribution >= 0.6 is 0 Å². The zero-order valence-corrected chi connectivity index (χ0v) is 18.1.